The molecule has 1 rings (SSSR count). The number of aryl methyl sites for hydroxylation is 2. The van der Waals surface area contributed by atoms with E-state index in [1.807, 2.05) is 33.8 Å². The Kier molecular flexibility index (Phi) is 5.49. The number of pyridine rings is 1. The quantitative estimate of drug-likeness (QED) is 0.749. The molecule has 6 nitrogen and oxygen atoms in total. The molecule has 6 heteroatoms. The first-order valence-electron chi connectivity index (χ1n) is 6.57. The maximum absolute atomic E-state index is 11.7. The molecule has 20 heavy (non-hydrogen) atoms. The number of urea groups is 1. The van der Waals surface area contributed by atoms with Gasteiger partial charge in [0.1, 0.15) is 6.04 Å². The number of hydrogen-bond donors (Lipinski definition) is 3. The van der Waals surface area contributed by atoms with Crippen molar-refractivity contribution >= 4 is 11.9 Å². The third kappa shape index (κ3) is 4.53. The minimum absolute atomic E-state index is 0.0541. The summed E-state index contributed by atoms with van der Waals surface area (Å²) in [5.41, 5.74) is 8.18. The fourth-order valence-electron chi connectivity index (χ4n) is 1.74. The highest BCUT2D eigenvalue weighted by atomic mass is 16.2. The van der Waals surface area contributed by atoms with E-state index in [0.29, 0.717) is 6.54 Å². The van der Waals surface area contributed by atoms with Crippen LogP contribution in [0.2, 0.25) is 0 Å². The molecule has 4 N–H and O–H groups in total. The number of nitrogens with two attached hydrogens (primary N) is 1. The molecule has 0 aromatic carbocycles. The molecule has 0 aliphatic rings. The zero-order chi connectivity index (χ0) is 15.3. The van der Waals surface area contributed by atoms with E-state index in [-0.39, 0.29) is 5.92 Å². The maximum atomic E-state index is 11.7. The lowest BCUT2D eigenvalue weighted by Crippen LogP contribution is -2.50. The summed E-state index contributed by atoms with van der Waals surface area (Å²) in [6, 6.07) is 0.880. The molecule has 0 aliphatic heterocycles. The molecule has 0 spiro atoms. The van der Waals surface area contributed by atoms with Crippen LogP contribution in [0.5, 0.6) is 0 Å². The summed E-state index contributed by atoms with van der Waals surface area (Å²) in [5.74, 6) is -0.593. The second-order valence-electron chi connectivity index (χ2n) is 5.20. The van der Waals surface area contributed by atoms with E-state index in [1.165, 1.54) is 0 Å². The van der Waals surface area contributed by atoms with Crippen LogP contribution in [0.1, 0.15) is 30.7 Å². The molecule has 0 radical (unpaired) electrons. The van der Waals surface area contributed by atoms with Gasteiger partial charge in [0, 0.05) is 18.4 Å². The van der Waals surface area contributed by atoms with E-state index in [9.17, 15) is 9.59 Å². The Balaban J connectivity index is 2.54. The van der Waals surface area contributed by atoms with Crippen molar-refractivity contribution in [2.24, 2.45) is 11.7 Å². The van der Waals surface area contributed by atoms with Crippen molar-refractivity contribution < 1.29 is 9.59 Å². The smallest absolute Gasteiger partial charge is 0.315 e. The van der Waals surface area contributed by atoms with Crippen molar-refractivity contribution in [1.82, 2.24) is 15.6 Å². The predicted molar refractivity (Wildman–Crippen MR) is 76.9 cm³/mol. The first kappa shape index (κ1) is 15.9. The Hall–Kier alpha value is -2.11. The summed E-state index contributed by atoms with van der Waals surface area (Å²) < 4.78 is 0. The van der Waals surface area contributed by atoms with Crippen LogP contribution < -0.4 is 16.4 Å². The lowest BCUT2D eigenvalue weighted by molar-refractivity contribution is -0.120. The molecule has 1 aromatic rings. The average molecular weight is 278 g/mol. The SMILES string of the molecule is Cc1cc(CNC(=O)N[C@H](C(N)=O)C(C)C)cnc1C. The molecule has 0 saturated heterocycles. The Morgan fingerprint density at radius 3 is 2.50 bits per heavy atom. The number of amides is 3. The van der Waals surface area contributed by atoms with E-state index in [1.54, 1.807) is 6.20 Å². The summed E-state index contributed by atoms with van der Waals surface area (Å²) in [6.07, 6.45) is 1.72. The Morgan fingerprint density at radius 2 is 2.00 bits per heavy atom. The van der Waals surface area contributed by atoms with E-state index >= 15 is 0 Å². The number of carbonyl (C=O) groups excluding carboxylic acids is 2. The number of carbonyl (C=O) groups is 2. The summed E-state index contributed by atoms with van der Waals surface area (Å²) in [5, 5.41) is 5.26. The van der Waals surface area contributed by atoms with Crippen LogP contribution in [0.25, 0.3) is 0 Å². The third-order valence-electron chi connectivity index (χ3n) is 3.11. The van der Waals surface area contributed by atoms with Gasteiger partial charge in [-0.05, 0) is 30.9 Å². The number of nitrogens with one attached hydrogen (secondary N) is 2. The molecule has 3 amide bonds. The van der Waals surface area contributed by atoms with Crippen molar-refractivity contribution in [2.75, 3.05) is 0 Å². The topological polar surface area (TPSA) is 97.1 Å². The molecule has 1 aromatic heterocycles. The number of aromatic nitrogens is 1. The van der Waals surface area contributed by atoms with Gasteiger partial charge in [0.25, 0.3) is 0 Å². The van der Waals surface area contributed by atoms with Crippen LogP contribution in [-0.2, 0) is 11.3 Å². The standard InChI is InChI=1S/C14H22N4O2/c1-8(2)12(13(15)19)18-14(20)17-7-11-5-9(3)10(4)16-6-11/h5-6,8,12H,7H2,1-4H3,(H2,15,19)(H2,17,18,20)/t12-/m0/s1. The van der Waals surface area contributed by atoms with Gasteiger partial charge in [-0.2, -0.15) is 0 Å². The predicted octanol–water partition coefficient (Wildman–Crippen LogP) is 1.01. The van der Waals surface area contributed by atoms with Crippen molar-refractivity contribution in [2.45, 2.75) is 40.3 Å². The molecule has 1 heterocycles. The second-order valence-corrected chi connectivity index (χ2v) is 5.20. The zero-order valence-corrected chi connectivity index (χ0v) is 12.4. The van der Waals surface area contributed by atoms with Crippen LogP contribution in [0.15, 0.2) is 12.3 Å². The van der Waals surface area contributed by atoms with E-state index < -0.39 is 18.0 Å². The number of nitrogens with zero attached hydrogens (tertiary/aromatic N) is 1. The van der Waals surface area contributed by atoms with E-state index in [2.05, 4.69) is 15.6 Å². The Bertz CT molecular complexity index is 500. The van der Waals surface area contributed by atoms with E-state index in [4.69, 9.17) is 5.73 Å². The first-order chi connectivity index (χ1) is 9.31. The van der Waals surface area contributed by atoms with Gasteiger partial charge in [-0.1, -0.05) is 19.9 Å². The second kappa shape index (κ2) is 6.88. The van der Waals surface area contributed by atoms with Gasteiger partial charge in [0.05, 0.1) is 0 Å². The molecule has 0 bridgehead atoms. The highest BCUT2D eigenvalue weighted by Gasteiger charge is 2.21. The van der Waals surface area contributed by atoms with Crippen molar-refractivity contribution in [3.8, 4) is 0 Å². The van der Waals surface area contributed by atoms with Gasteiger partial charge < -0.3 is 16.4 Å². The van der Waals surface area contributed by atoms with Crippen LogP contribution in [0.3, 0.4) is 0 Å². The molecule has 0 saturated carbocycles. The summed E-state index contributed by atoms with van der Waals surface area (Å²) in [7, 11) is 0. The Morgan fingerprint density at radius 1 is 1.35 bits per heavy atom. The van der Waals surface area contributed by atoms with Crippen LogP contribution in [-0.4, -0.2) is 23.0 Å². The van der Waals surface area contributed by atoms with Crippen molar-refractivity contribution in [1.29, 1.82) is 0 Å². The van der Waals surface area contributed by atoms with Gasteiger partial charge in [-0.25, -0.2) is 4.79 Å². The third-order valence-corrected chi connectivity index (χ3v) is 3.11. The van der Waals surface area contributed by atoms with Gasteiger partial charge in [0.2, 0.25) is 5.91 Å². The van der Waals surface area contributed by atoms with Crippen LogP contribution in [0, 0.1) is 19.8 Å². The summed E-state index contributed by atoms with van der Waals surface area (Å²) in [6.45, 7) is 7.89. The molecule has 110 valence electrons. The minimum atomic E-state index is -0.673. The lowest BCUT2D eigenvalue weighted by Gasteiger charge is -2.19. The maximum Gasteiger partial charge on any atom is 0.315 e. The fraction of sp³-hybridized carbons (Fsp3) is 0.500. The number of hydrogen-bond acceptors (Lipinski definition) is 3. The summed E-state index contributed by atoms with van der Waals surface area (Å²) >= 11 is 0. The molecular weight excluding hydrogens is 256 g/mol. The first-order valence-corrected chi connectivity index (χ1v) is 6.57. The van der Waals surface area contributed by atoms with E-state index in [0.717, 1.165) is 16.8 Å². The van der Waals surface area contributed by atoms with Gasteiger partial charge in [-0.15, -0.1) is 0 Å². The van der Waals surface area contributed by atoms with Crippen LogP contribution in [0.4, 0.5) is 4.79 Å². The Labute approximate surface area is 119 Å². The fourth-order valence-corrected chi connectivity index (χ4v) is 1.74. The van der Waals surface area contributed by atoms with Gasteiger partial charge >= 0.3 is 6.03 Å². The number of rotatable bonds is 5. The molecule has 0 unspecified atom stereocenters. The van der Waals surface area contributed by atoms with Crippen LogP contribution >= 0.6 is 0 Å². The lowest BCUT2D eigenvalue weighted by atomic mass is 10.0. The summed E-state index contributed by atoms with van der Waals surface area (Å²) in [4.78, 5) is 27.2. The molecule has 0 fully saturated rings. The normalized spacial score (nSPS) is 12.1. The monoisotopic (exact) mass is 278 g/mol. The highest BCUT2D eigenvalue weighted by molar-refractivity contribution is 5.86. The van der Waals surface area contributed by atoms with Crippen molar-refractivity contribution in [3.63, 3.8) is 0 Å². The average Bonchev–Trinajstić information content (AvgIpc) is 2.36. The largest absolute Gasteiger partial charge is 0.368 e. The minimum Gasteiger partial charge on any atom is -0.368 e. The van der Waals surface area contributed by atoms with Crippen molar-refractivity contribution in [3.05, 3.63) is 29.1 Å². The van der Waals surface area contributed by atoms with Gasteiger partial charge in [0.15, 0.2) is 0 Å². The molecule has 0 aliphatic carbocycles. The molecule has 1 atom stereocenters. The van der Waals surface area contributed by atoms with Gasteiger partial charge in [-0.3, -0.25) is 9.78 Å². The molecular formula is C14H22N4O2. The number of primary amides is 1. The highest BCUT2D eigenvalue weighted by Crippen LogP contribution is 2.06. The zero-order valence-electron chi connectivity index (χ0n) is 12.4.